The van der Waals surface area contributed by atoms with Crippen LogP contribution in [0.5, 0.6) is 0 Å². The zero-order valence-electron chi connectivity index (χ0n) is 12.8. The van der Waals surface area contributed by atoms with E-state index in [1.165, 1.54) is 6.26 Å². The molecule has 120 valence electrons. The Kier molecular flexibility index (Phi) is 4.36. The number of anilines is 1. The number of piperidine rings is 1. The maximum Gasteiger partial charge on any atom is 0.231 e. The fourth-order valence-corrected chi connectivity index (χ4v) is 3.07. The zero-order valence-corrected chi connectivity index (χ0v) is 12.8. The third-order valence-electron chi connectivity index (χ3n) is 4.12. The molecule has 7 heteroatoms. The molecule has 3 rings (SSSR count). The van der Waals surface area contributed by atoms with Gasteiger partial charge in [0.05, 0.1) is 12.0 Å². The highest BCUT2D eigenvalue weighted by Crippen LogP contribution is 2.37. The maximum absolute atomic E-state index is 12.7. The van der Waals surface area contributed by atoms with Crippen LogP contribution in [-0.2, 0) is 9.59 Å². The summed E-state index contributed by atoms with van der Waals surface area (Å²) < 4.78 is 4.74. The second-order valence-corrected chi connectivity index (χ2v) is 5.42. The molecule has 1 aliphatic heterocycles. The molecule has 0 spiro atoms. The van der Waals surface area contributed by atoms with Crippen molar-refractivity contribution in [2.24, 2.45) is 5.92 Å². The normalized spacial score (nSPS) is 21.3. The van der Waals surface area contributed by atoms with Gasteiger partial charge < -0.3 is 14.7 Å². The average molecular weight is 314 g/mol. The first-order chi connectivity index (χ1) is 11.2. The summed E-state index contributed by atoms with van der Waals surface area (Å²) >= 11 is 0. The van der Waals surface area contributed by atoms with Gasteiger partial charge in [-0.25, -0.2) is 0 Å². The monoisotopic (exact) mass is 314 g/mol. The molecule has 0 radical (unpaired) electrons. The lowest BCUT2D eigenvalue weighted by Gasteiger charge is -2.40. The molecule has 0 bridgehead atoms. The van der Waals surface area contributed by atoms with Gasteiger partial charge in [-0.15, -0.1) is 0 Å². The first-order valence-electron chi connectivity index (χ1n) is 7.61. The van der Waals surface area contributed by atoms with Gasteiger partial charge in [-0.1, -0.05) is 5.16 Å². The quantitative estimate of drug-likeness (QED) is 0.932. The van der Waals surface area contributed by atoms with Crippen LogP contribution in [-0.4, -0.2) is 33.4 Å². The van der Waals surface area contributed by atoms with Gasteiger partial charge in [-0.3, -0.25) is 14.6 Å². The van der Waals surface area contributed by atoms with Crippen molar-refractivity contribution in [1.82, 2.24) is 15.0 Å². The number of likely N-dealkylation sites (tertiary alicyclic amines) is 1. The number of amides is 2. The van der Waals surface area contributed by atoms with Gasteiger partial charge in [0.25, 0.3) is 0 Å². The molecular weight excluding hydrogens is 296 g/mol. The van der Waals surface area contributed by atoms with Crippen molar-refractivity contribution in [2.45, 2.75) is 25.8 Å². The fourth-order valence-electron chi connectivity index (χ4n) is 3.07. The van der Waals surface area contributed by atoms with E-state index < -0.39 is 0 Å². The molecule has 1 aliphatic rings. The number of hydrogen-bond acceptors (Lipinski definition) is 5. The van der Waals surface area contributed by atoms with Crippen molar-refractivity contribution >= 4 is 17.6 Å². The summed E-state index contributed by atoms with van der Waals surface area (Å²) in [4.78, 5) is 30.7. The number of hydrogen-bond donors (Lipinski definition) is 1. The largest absolute Gasteiger partial charge is 0.363 e. The van der Waals surface area contributed by atoms with Gasteiger partial charge in [0, 0.05) is 31.4 Å². The Labute approximate surface area is 133 Å². The van der Waals surface area contributed by atoms with Crippen LogP contribution in [0.15, 0.2) is 41.4 Å². The number of aromatic nitrogens is 2. The van der Waals surface area contributed by atoms with Crippen LogP contribution < -0.4 is 5.32 Å². The van der Waals surface area contributed by atoms with Crippen molar-refractivity contribution in [3.8, 4) is 0 Å². The third-order valence-corrected chi connectivity index (χ3v) is 4.12. The summed E-state index contributed by atoms with van der Waals surface area (Å²) in [7, 11) is 0. The van der Waals surface area contributed by atoms with Gasteiger partial charge >= 0.3 is 0 Å². The summed E-state index contributed by atoms with van der Waals surface area (Å²) in [6.45, 7) is 2.48. The minimum absolute atomic E-state index is 0.0693. The molecule has 2 aromatic rings. The van der Waals surface area contributed by atoms with E-state index in [2.05, 4.69) is 15.5 Å². The summed E-state index contributed by atoms with van der Waals surface area (Å²) in [5.41, 5.74) is 0.912. The predicted octanol–water partition coefficient (Wildman–Crippen LogP) is 2.01. The van der Waals surface area contributed by atoms with E-state index in [-0.39, 0.29) is 23.8 Å². The first-order valence-corrected chi connectivity index (χ1v) is 7.61. The van der Waals surface area contributed by atoms with E-state index in [0.29, 0.717) is 25.2 Å². The molecule has 3 heterocycles. The lowest BCUT2D eigenvalue weighted by Crippen LogP contribution is -2.46. The Bertz CT molecular complexity index is 672. The van der Waals surface area contributed by atoms with E-state index in [1.54, 1.807) is 23.4 Å². The Hall–Kier alpha value is -2.70. The minimum atomic E-state index is -0.341. The summed E-state index contributed by atoms with van der Waals surface area (Å²) in [6.07, 6.45) is 5.63. The van der Waals surface area contributed by atoms with Crippen LogP contribution in [0.1, 0.15) is 31.4 Å². The van der Waals surface area contributed by atoms with Crippen LogP contribution in [0.2, 0.25) is 0 Å². The lowest BCUT2D eigenvalue weighted by atomic mass is 9.84. The van der Waals surface area contributed by atoms with E-state index in [0.717, 1.165) is 5.56 Å². The second-order valence-electron chi connectivity index (χ2n) is 5.42. The van der Waals surface area contributed by atoms with Gasteiger partial charge in [0.2, 0.25) is 11.8 Å². The Morgan fingerprint density at radius 3 is 2.83 bits per heavy atom. The fraction of sp³-hybridized carbons (Fsp3) is 0.375. The van der Waals surface area contributed by atoms with Gasteiger partial charge in [-0.05, 0) is 31.0 Å². The molecule has 2 aromatic heterocycles. The number of rotatable bonds is 4. The summed E-state index contributed by atoms with van der Waals surface area (Å²) in [5.74, 6) is -0.0540. The van der Waals surface area contributed by atoms with Crippen molar-refractivity contribution in [2.75, 3.05) is 11.9 Å². The standard InChI is InChI=1S/C16H18N4O3/c1-2-20-14(21)4-3-12(15(20)11-5-8-17-9-6-11)16(22)18-13-7-10-23-19-13/h5-10,12,15H,2-4H2,1H3,(H,18,19,22)/t12-,15+/m0/s1. The molecule has 1 saturated heterocycles. The van der Waals surface area contributed by atoms with Crippen LogP contribution in [0.25, 0.3) is 0 Å². The number of pyridine rings is 1. The van der Waals surface area contributed by atoms with Crippen molar-refractivity contribution in [3.05, 3.63) is 42.4 Å². The number of nitrogens with one attached hydrogen (secondary N) is 1. The molecule has 0 aliphatic carbocycles. The van der Waals surface area contributed by atoms with Gasteiger partial charge in [0.15, 0.2) is 5.82 Å². The highest BCUT2D eigenvalue weighted by atomic mass is 16.5. The maximum atomic E-state index is 12.7. The van der Waals surface area contributed by atoms with E-state index in [9.17, 15) is 9.59 Å². The summed E-state index contributed by atoms with van der Waals surface area (Å²) in [5, 5.41) is 6.46. The molecule has 2 amide bonds. The molecule has 23 heavy (non-hydrogen) atoms. The number of nitrogens with zero attached hydrogens (tertiary/aromatic N) is 3. The number of carbonyl (C=O) groups is 2. The highest BCUT2D eigenvalue weighted by molar-refractivity contribution is 5.93. The van der Waals surface area contributed by atoms with Crippen LogP contribution in [0.3, 0.4) is 0 Å². The molecule has 1 fully saturated rings. The lowest BCUT2D eigenvalue weighted by molar-refractivity contribution is -0.141. The van der Waals surface area contributed by atoms with E-state index in [1.807, 2.05) is 19.1 Å². The highest BCUT2D eigenvalue weighted by Gasteiger charge is 2.40. The summed E-state index contributed by atoms with van der Waals surface area (Å²) in [6, 6.07) is 4.99. The topological polar surface area (TPSA) is 88.3 Å². The van der Waals surface area contributed by atoms with Gasteiger partial charge in [0.1, 0.15) is 6.26 Å². The van der Waals surface area contributed by atoms with E-state index >= 15 is 0 Å². The van der Waals surface area contributed by atoms with Crippen molar-refractivity contribution < 1.29 is 14.1 Å². The average Bonchev–Trinajstić information content (AvgIpc) is 3.08. The van der Waals surface area contributed by atoms with E-state index in [4.69, 9.17) is 4.52 Å². The van der Waals surface area contributed by atoms with Crippen molar-refractivity contribution in [3.63, 3.8) is 0 Å². The third kappa shape index (κ3) is 3.08. The molecule has 1 N–H and O–H groups in total. The molecule has 0 aromatic carbocycles. The molecule has 2 atom stereocenters. The van der Waals surface area contributed by atoms with Crippen LogP contribution >= 0.6 is 0 Å². The zero-order chi connectivity index (χ0) is 16.2. The second kappa shape index (κ2) is 6.60. The molecular formula is C16H18N4O3. The van der Waals surface area contributed by atoms with Gasteiger partial charge in [-0.2, -0.15) is 0 Å². The SMILES string of the molecule is CCN1C(=O)CC[C@H](C(=O)Nc2ccon2)[C@H]1c1ccncc1. The van der Waals surface area contributed by atoms with Crippen LogP contribution in [0, 0.1) is 5.92 Å². The predicted molar refractivity (Wildman–Crippen MR) is 82.2 cm³/mol. The number of carbonyl (C=O) groups excluding carboxylic acids is 2. The minimum Gasteiger partial charge on any atom is -0.363 e. The molecule has 0 unspecified atom stereocenters. The molecule has 0 saturated carbocycles. The van der Waals surface area contributed by atoms with Crippen molar-refractivity contribution in [1.29, 1.82) is 0 Å². The Morgan fingerprint density at radius 2 is 2.17 bits per heavy atom. The Morgan fingerprint density at radius 1 is 1.39 bits per heavy atom. The smallest absolute Gasteiger partial charge is 0.231 e. The first kappa shape index (κ1) is 15.2. The Balaban J connectivity index is 1.89. The van der Waals surface area contributed by atoms with Crippen LogP contribution in [0.4, 0.5) is 5.82 Å². The molecule has 7 nitrogen and oxygen atoms in total.